The zero-order valence-electron chi connectivity index (χ0n) is 7.29. The molecule has 1 aliphatic rings. The van der Waals surface area contributed by atoms with Crippen LogP contribution in [0, 0.1) is 0 Å². The van der Waals surface area contributed by atoms with Crippen LogP contribution in [0.25, 0.3) is 0 Å². The molecule has 0 spiro atoms. The SMILES string of the molecule is Cl.NC1CCc2ccc(Cl)cc2C1. The van der Waals surface area contributed by atoms with Crippen LogP contribution in [0.15, 0.2) is 18.2 Å². The van der Waals surface area contributed by atoms with E-state index in [0.29, 0.717) is 6.04 Å². The summed E-state index contributed by atoms with van der Waals surface area (Å²) in [6, 6.07) is 6.44. The molecule has 0 bridgehead atoms. The van der Waals surface area contributed by atoms with E-state index in [9.17, 15) is 0 Å². The minimum atomic E-state index is 0. The maximum Gasteiger partial charge on any atom is 0.0408 e. The van der Waals surface area contributed by atoms with Gasteiger partial charge in [-0.2, -0.15) is 0 Å². The molecule has 2 rings (SSSR count). The predicted molar refractivity (Wildman–Crippen MR) is 58.7 cm³/mol. The highest BCUT2D eigenvalue weighted by atomic mass is 35.5. The number of benzene rings is 1. The molecule has 0 radical (unpaired) electrons. The molecular formula is C10H13Cl2N. The van der Waals surface area contributed by atoms with Crippen molar-refractivity contribution in [1.82, 2.24) is 0 Å². The fourth-order valence-corrected chi connectivity index (χ4v) is 1.95. The van der Waals surface area contributed by atoms with Gasteiger partial charge in [-0.1, -0.05) is 17.7 Å². The van der Waals surface area contributed by atoms with Gasteiger partial charge in [0.1, 0.15) is 0 Å². The number of aryl methyl sites for hydroxylation is 1. The van der Waals surface area contributed by atoms with Gasteiger partial charge in [0, 0.05) is 11.1 Å². The molecule has 0 aliphatic heterocycles. The topological polar surface area (TPSA) is 26.0 Å². The average Bonchev–Trinajstić information content (AvgIpc) is 2.03. The monoisotopic (exact) mass is 217 g/mol. The first-order valence-electron chi connectivity index (χ1n) is 4.28. The summed E-state index contributed by atoms with van der Waals surface area (Å²) in [5.74, 6) is 0. The number of hydrogen-bond donors (Lipinski definition) is 1. The fraction of sp³-hybridized carbons (Fsp3) is 0.400. The first-order valence-corrected chi connectivity index (χ1v) is 4.66. The largest absolute Gasteiger partial charge is 0.327 e. The first-order chi connectivity index (χ1) is 5.75. The Morgan fingerprint density at radius 1 is 1.31 bits per heavy atom. The van der Waals surface area contributed by atoms with Gasteiger partial charge in [-0.05, 0) is 42.5 Å². The molecule has 0 fully saturated rings. The quantitative estimate of drug-likeness (QED) is 0.711. The van der Waals surface area contributed by atoms with Gasteiger partial charge >= 0.3 is 0 Å². The maximum absolute atomic E-state index is 5.88. The Labute approximate surface area is 89.7 Å². The van der Waals surface area contributed by atoms with Crippen molar-refractivity contribution in [2.75, 3.05) is 0 Å². The van der Waals surface area contributed by atoms with E-state index in [0.717, 1.165) is 24.3 Å². The minimum Gasteiger partial charge on any atom is -0.327 e. The van der Waals surface area contributed by atoms with E-state index in [2.05, 4.69) is 6.07 Å². The summed E-state index contributed by atoms with van der Waals surface area (Å²) in [5, 5.41) is 0.822. The molecule has 3 heteroatoms. The highest BCUT2D eigenvalue weighted by Gasteiger charge is 2.14. The van der Waals surface area contributed by atoms with Gasteiger partial charge in [-0.25, -0.2) is 0 Å². The molecule has 0 amide bonds. The molecule has 0 aromatic heterocycles. The Morgan fingerprint density at radius 2 is 2.08 bits per heavy atom. The molecular weight excluding hydrogens is 205 g/mol. The Hall–Kier alpha value is -0.240. The third kappa shape index (κ3) is 2.37. The van der Waals surface area contributed by atoms with Crippen molar-refractivity contribution < 1.29 is 0 Å². The third-order valence-electron chi connectivity index (χ3n) is 2.43. The molecule has 1 aliphatic carbocycles. The van der Waals surface area contributed by atoms with Gasteiger partial charge in [0.15, 0.2) is 0 Å². The van der Waals surface area contributed by atoms with Crippen LogP contribution in [-0.4, -0.2) is 6.04 Å². The lowest BCUT2D eigenvalue weighted by Crippen LogP contribution is -2.27. The first kappa shape index (κ1) is 10.8. The molecule has 1 aromatic carbocycles. The van der Waals surface area contributed by atoms with Gasteiger partial charge in [-0.15, -0.1) is 12.4 Å². The van der Waals surface area contributed by atoms with Crippen LogP contribution in [0.1, 0.15) is 17.5 Å². The summed E-state index contributed by atoms with van der Waals surface area (Å²) >= 11 is 5.88. The summed E-state index contributed by atoms with van der Waals surface area (Å²) in [6.45, 7) is 0. The standard InChI is InChI=1S/C10H12ClN.ClH/c11-9-3-1-7-2-4-10(12)6-8(7)5-9;/h1,3,5,10H,2,4,6,12H2;1H. The average molecular weight is 218 g/mol. The Kier molecular flexibility index (Phi) is 3.60. The summed E-state index contributed by atoms with van der Waals surface area (Å²) in [6.07, 6.45) is 3.19. The molecule has 1 atom stereocenters. The van der Waals surface area contributed by atoms with Crippen molar-refractivity contribution in [3.05, 3.63) is 34.3 Å². The summed E-state index contributed by atoms with van der Waals surface area (Å²) < 4.78 is 0. The smallest absolute Gasteiger partial charge is 0.0408 e. The van der Waals surface area contributed by atoms with Gasteiger partial charge < -0.3 is 5.73 Å². The molecule has 1 nitrogen and oxygen atoms in total. The number of fused-ring (bicyclic) bond motifs is 1. The van der Waals surface area contributed by atoms with Crippen LogP contribution in [-0.2, 0) is 12.8 Å². The van der Waals surface area contributed by atoms with Crippen molar-refractivity contribution in [2.45, 2.75) is 25.3 Å². The number of hydrogen-bond acceptors (Lipinski definition) is 1. The van der Waals surface area contributed by atoms with Gasteiger partial charge in [0.2, 0.25) is 0 Å². The molecule has 13 heavy (non-hydrogen) atoms. The molecule has 2 N–H and O–H groups in total. The van der Waals surface area contributed by atoms with Gasteiger partial charge in [-0.3, -0.25) is 0 Å². The van der Waals surface area contributed by atoms with E-state index in [1.54, 1.807) is 0 Å². The predicted octanol–water partition coefficient (Wildman–Crippen LogP) is 2.58. The minimum absolute atomic E-state index is 0. The lowest BCUT2D eigenvalue weighted by atomic mass is 9.89. The number of nitrogens with two attached hydrogens (primary N) is 1. The Bertz CT molecular complexity index is 299. The second-order valence-electron chi connectivity index (χ2n) is 3.42. The van der Waals surface area contributed by atoms with Crippen molar-refractivity contribution in [3.8, 4) is 0 Å². The molecule has 72 valence electrons. The van der Waals surface area contributed by atoms with Crippen LogP contribution in [0.5, 0.6) is 0 Å². The molecule has 0 saturated heterocycles. The molecule has 1 aromatic rings. The fourth-order valence-electron chi connectivity index (χ4n) is 1.75. The lowest BCUT2D eigenvalue weighted by Gasteiger charge is -2.21. The second kappa shape index (κ2) is 4.32. The molecule has 1 unspecified atom stereocenters. The van der Waals surface area contributed by atoms with Crippen LogP contribution in [0.4, 0.5) is 0 Å². The summed E-state index contributed by atoms with van der Waals surface area (Å²) in [4.78, 5) is 0. The van der Waals surface area contributed by atoms with Crippen LogP contribution >= 0.6 is 24.0 Å². The maximum atomic E-state index is 5.88. The number of rotatable bonds is 0. The second-order valence-corrected chi connectivity index (χ2v) is 3.85. The zero-order chi connectivity index (χ0) is 8.55. The van der Waals surface area contributed by atoms with Gasteiger partial charge in [0.05, 0.1) is 0 Å². The van der Waals surface area contributed by atoms with Crippen molar-refractivity contribution in [1.29, 1.82) is 0 Å². The van der Waals surface area contributed by atoms with Gasteiger partial charge in [0.25, 0.3) is 0 Å². The lowest BCUT2D eigenvalue weighted by molar-refractivity contribution is 0.576. The van der Waals surface area contributed by atoms with E-state index < -0.39 is 0 Å². The van der Waals surface area contributed by atoms with Crippen molar-refractivity contribution in [3.63, 3.8) is 0 Å². The van der Waals surface area contributed by atoms with Crippen LogP contribution in [0.3, 0.4) is 0 Å². The summed E-state index contributed by atoms with van der Waals surface area (Å²) in [5.41, 5.74) is 8.61. The Morgan fingerprint density at radius 3 is 2.85 bits per heavy atom. The summed E-state index contributed by atoms with van der Waals surface area (Å²) in [7, 11) is 0. The zero-order valence-corrected chi connectivity index (χ0v) is 8.87. The number of halogens is 2. The van der Waals surface area contributed by atoms with E-state index in [1.807, 2.05) is 12.1 Å². The van der Waals surface area contributed by atoms with Crippen LogP contribution < -0.4 is 5.73 Å². The normalized spacial score (nSPS) is 20.3. The van der Waals surface area contributed by atoms with Crippen molar-refractivity contribution in [2.24, 2.45) is 5.73 Å². The Balaban J connectivity index is 0.000000845. The highest BCUT2D eigenvalue weighted by molar-refractivity contribution is 6.30. The van der Waals surface area contributed by atoms with E-state index >= 15 is 0 Å². The molecule has 0 heterocycles. The molecule has 0 saturated carbocycles. The highest BCUT2D eigenvalue weighted by Crippen LogP contribution is 2.23. The van der Waals surface area contributed by atoms with E-state index in [-0.39, 0.29) is 12.4 Å². The van der Waals surface area contributed by atoms with Crippen molar-refractivity contribution >= 4 is 24.0 Å². The third-order valence-corrected chi connectivity index (χ3v) is 2.67. The van der Waals surface area contributed by atoms with Crippen LogP contribution in [0.2, 0.25) is 5.02 Å². The van der Waals surface area contributed by atoms with E-state index in [1.165, 1.54) is 11.1 Å². The van der Waals surface area contributed by atoms with E-state index in [4.69, 9.17) is 17.3 Å².